The molecule has 0 amide bonds. The van der Waals surface area contributed by atoms with Gasteiger partial charge in [0.2, 0.25) is 0 Å². The predicted molar refractivity (Wildman–Crippen MR) is 60.3 cm³/mol. The number of allylic oxidation sites excluding steroid dienone is 3. The average molecular weight is 193 g/mol. The van der Waals surface area contributed by atoms with Gasteiger partial charge < -0.3 is 9.64 Å². The number of likely N-dealkylation sites (N-methyl/N-ethyl adjacent to an activating group) is 1. The quantitative estimate of drug-likeness (QED) is 0.636. The van der Waals surface area contributed by atoms with Gasteiger partial charge in [0.05, 0.1) is 12.7 Å². The van der Waals surface area contributed by atoms with Gasteiger partial charge in [0.1, 0.15) is 0 Å². The molecule has 14 heavy (non-hydrogen) atoms. The lowest BCUT2D eigenvalue weighted by atomic mass is 10.1. The minimum atomic E-state index is 0.162. The van der Waals surface area contributed by atoms with Gasteiger partial charge >= 0.3 is 0 Å². The monoisotopic (exact) mass is 193 g/mol. The van der Waals surface area contributed by atoms with Gasteiger partial charge in [-0.25, -0.2) is 0 Å². The van der Waals surface area contributed by atoms with Crippen LogP contribution in [0.5, 0.6) is 0 Å². The van der Waals surface area contributed by atoms with E-state index in [1.165, 1.54) is 0 Å². The van der Waals surface area contributed by atoms with Gasteiger partial charge in [-0.15, -0.1) is 0 Å². The Bertz CT molecular complexity index is 243. The Morgan fingerprint density at radius 1 is 1.50 bits per heavy atom. The second-order valence-corrected chi connectivity index (χ2v) is 3.58. The average Bonchev–Trinajstić information content (AvgIpc) is 2.18. The topological polar surface area (TPSA) is 12.5 Å². The zero-order valence-electron chi connectivity index (χ0n) is 9.07. The Labute approximate surface area is 86.6 Å². The molecular weight excluding hydrogens is 174 g/mol. The van der Waals surface area contributed by atoms with Gasteiger partial charge in [-0.1, -0.05) is 30.9 Å². The molecule has 0 spiro atoms. The number of ether oxygens (including phenoxy) is 1. The first-order chi connectivity index (χ1) is 6.74. The molecule has 0 radical (unpaired) electrons. The zero-order valence-corrected chi connectivity index (χ0v) is 9.07. The molecule has 0 aromatic heterocycles. The summed E-state index contributed by atoms with van der Waals surface area (Å²) in [6, 6.07) is 0. The Kier molecular flexibility index (Phi) is 4.63. The van der Waals surface area contributed by atoms with E-state index in [0.717, 1.165) is 25.3 Å². The summed E-state index contributed by atoms with van der Waals surface area (Å²) in [7, 11) is 2.11. The van der Waals surface area contributed by atoms with Crippen molar-refractivity contribution in [3.63, 3.8) is 0 Å². The third-order valence-corrected chi connectivity index (χ3v) is 2.30. The van der Waals surface area contributed by atoms with E-state index >= 15 is 0 Å². The van der Waals surface area contributed by atoms with Crippen molar-refractivity contribution in [2.75, 3.05) is 26.7 Å². The van der Waals surface area contributed by atoms with Crippen molar-refractivity contribution in [2.24, 2.45) is 0 Å². The lowest BCUT2D eigenvalue weighted by Gasteiger charge is -2.30. The fraction of sp³-hybridized carbons (Fsp3) is 0.500. The van der Waals surface area contributed by atoms with Gasteiger partial charge in [0.15, 0.2) is 0 Å². The largest absolute Gasteiger partial charge is 0.371 e. The summed E-state index contributed by atoms with van der Waals surface area (Å²) in [5.41, 5.74) is 1.05. The van der Waals surface area contributed by atoms with E-state index in [0.29, 0.717) is 0 Å². The van der Waals surface area contributed by atoms with Gasteiger partial charge in [-0.3, -0.25) is 0 Å². The summed E-state index contributed by atoms with van der Waals surface area (Å²) >= 11 is 0. The molecular formula is C12H19NO. The summed E-state index contributed by atoms with van der Waals surface area (Å²) in [5.74, 6) is 0. The molecule has 0 aromatic carbocycles. The summed E-state index contributed by atoms with van der Waals surface area (Å²) in [6.45, 7) is 8.77. The lowest BCUT2D eigenvalue weighted by Crippen LogP contribution is -2.40. The molecule has 1 saturated heterocycles. The highest BCUT2D eigenvalue weighted by molar-refractivity contribution is 5.23. The molecule has 1 aliphatic rings. The Morgan fingerprint density at radius 3 is 2.93 bits per heavy atom. The Balaban J connectivity index is 2.43. The summed E-state index contributed by atoms with van der Waals surface area (Å²) < 4.78 is 5.62. The fourth-order valence-electron chi connectivity index (χ4n) is 1.40. The van der Waals surface area contributed by atoms with Crippen LogP contribution in [0, 0.1) is 0 Å². The van der Waals surface area contributed by atoms with Crippen molar-refractivity contribution in [1.29, 1.82) is 0 Å². The van der Waals surface area contributed by atoms with Crippen LogP contribution in [-0.4, -0.2) is 37.7 Å². The van der Waals surface area contributed by atoms with Crippen molar-refractivity contribution in [1.82, 2.24) is 4.90 Å². The first kappa shape index (κ1) is 11.2. The van der Waals surface area contributed by atoms with Crippen molar-refractivity contribution in [3.05, 3.63) is 36.5 Å². The number of hydrogen-bond donors (Lipinski definition) is 0. The maximum atomic E-state index is 5.62. The molecule has 1 fully saturated rings. The Hall–Kier alpha value is -0.860. The molecule has 1 rings (SSSR count). The molecule has 1 unspecified atom stereocenters. The van der Waals surface area contributed by atoms with E-state index in [1.54, 1.807) is 0 Å². The van der Waals surface area contributed by atoms with Gasteiger partial charge in [-0.05, 0) is 19.5 Å². The van der Waals surface area contributed by atoms with E-state index in [1.807, 2.05) is 31.2 Å². The smallest absolute Gasteiger partial charge is 0.0946 e. The van der Waals surface area contributed by atoms with Crippen molar-refractivity contribution < 1.29 is 4.74 Å². The van der Waals surface area contributed by atoms with Crippen LogP contribution in [-0.2, 0) is 4.74 Å². The van der Waals surface area contributed by atoms with Crippen LogP contribution in [0.1, 0.15) is 6.92 Å². The van der Waals surface area contributed by atoms with E-state index in [4.69, 9.17) is 4.74 Å². The van der Waals surface area contributed by atoms with E-state index in [-0.39, 0.29) is 6.10 Å². The van der Waals surface area contributed by atoms with Crippen LogP contribution in [0.4, 0.5) is 0 Å². The van der Waals surface area contributed by atoms with Crippen LogP contribution in [0.25, 0.3) is 0 Å². The molecule has 0 N–H and O–H groups in total. The fourth-order valence-corrected chi connectivity index (χ4v) is 1.40. The van der Waals surface area contributed by atoms with Crippen LogP contribution in [0.15, 0.2) is 36.5 Å². The van der Waals surface area contributed by atoms with Gasteiger partial charge in [0, 0.05) is 13.1 Å². The number of hydrogen-bond acceptors (Lipinski definition) is 2. The van der Waals surface area contributed by atoms with Crippen LogP contribution in [0.3, 0.4) is 0 Å². The molecule has 78 valence electrons. The number of morpholine rings is 1. The van der Waals surface area contributed by atoms with E-state index in [2.05, 4.69) is 18.5 Å². The van der Waals surface area contributed by atoms with Crippen molar-refractivity contribution in [2.45, 2.75) is 13.0 Å². The Morgan fingerprint density at radius 2 is 2.29 bits per heavy atom. The van der Waals surface area contributed by atoms with Gasteiger partial charge in [-0.2, -0.15) is 0 Å². The normalized spacial score (nSPS) is 24.9. The summed E-state index contributed by atoms with van der Waals surface area (Å²) in [6.07, 6.45) is 8.18. The second-order valence-electron chi connectivity index (χ2n) is 3.58. The molecule has 0 bridgehead atoms. The third-order valence-electron chi connectivity index (χ3n) is 2.30. The maximum Gasteiger partial charge on any atom is 0.0946 e. The van der Waals surface area contributed by atoms with Crippen molar-refractivity contribution >= 4 is 0 Å². The number of nitrogens with zero attached hydrogens (tertiary/aromatic N) is 1. The molecule has 2 heteroatoms. The molecule has 0 aromatic rings. The third kappa shape index (κ3) is 3.48. The van der Waals surface area contributed by atoms with Crippen LogP contribution < -0.4 is 0 Å². The number of rotatable bonds is 3. The minimum Gasteiger partial charge on any atom is -0.371 e. The molecule has 0 saturated carbocycles. The molecule has 1 aliphatic heterocycles. The zero-order chi connectivity index (χ0) is 10.4. The molecule has 1 atom stereocenters. The molecule has 2 nitrogen and oxygen atoms in total. The van der Waals surface area contributed by atoms with Crippen molar-refractivity contribution in [3.8, 4) is 0 Å². The molecule has 0 aliphatic carbocycles. The summed E-state index contributed by atoms with van der Waals surface area (Å²) in [5, 5.41) is 0. The second kappa shape index (κ2) is 5.78. The molecule has 1 heterocycles. The highest BCUT2D eigenvalue weighted by Crippen LogP contribution is 2.11. The van der Waals surface area contributed by atoms with E-state index < -0.39 is 0 Å². The minimum absolute atomic E-state index is 0.162. The highest BCUT2D eigenvalue weighted by Gasteiger charge is 2.18. The standard InChI is InChI=1S/C12H19NO/c1-4-5-6-7-11(2)12-10-13(3)8-9-14-12/h4-7,12H,2,8-10H2,1,3H3. The predicted octanol–water partition coefficient (Wildman–Crippen LogP) is 2.01. The van der Waals surface area contributed by atoms with Crippen LogP contribution >= 0.6 is 0 Å². The summed E-state index contributed by atoms with van der Waals surface area (Å²) in [4.78, 5) is 2.27. The first-order valence-electron chi connectivity index (χ1n) is 5.02. The lowest BCUT2D eigenvalue weighted by molar-refractivity contribution is 0.00281. The van der Waals surface area contributed by atoms with Gasteiger partial charge in [0.25, 0.3) is 0 Å². The highest BCUT2D eigenvalue weighted by atomic mass is 16.5. The maximum absolute atomic E-state index is 5.62. The van der Waals surface area contributed by atoms with Crippen LogP contribution in [0.2, 0.25) is 0 Å². The SMILES string of the molecule is C=C(C=CC=CC)C1CN(C)CCO1. The van der Waals surface area contributed by atoms with E-state index in [9.17, 15) is 0 Å². The first-order valence-corrected chi connectivity index (χ1v) is 5.02.